The number of hydrogen-bond acceptors (Lipinski definition) is 1. The van der Waals surface area contributed by atoms with E-state index in [1.807, 2.05) is 12.3 Å². The average Bonchev–Trinajstić information content (AvgIpc) is 2.81. The molecule has 15 heavy (non-hydrogen) atoms. The molecule has 0 saturated heterocycles. The lowest BCUT2D eigenvalue weighted by Gasteiger charge is -2.20. The van der Waals surface area contributed by atoms with Crippen molar-refractivity contribution in [3.8, 4) is 0 Å². The maximum absolute atomic E-state index is 11.7. The Morgan fingerprint density at radius 2 is 2.13 bits per heavy atom. The lowest BCUT2D eigenvalue weighted by molar-refractivity contribution is 0.0970. The van der Waals surface area contributed by atoms with E-state index >= 15 is 0 Å². The van der Waals surface area contributed by atoms with E-state index in [-0.39, 0.29) is 0 Å². The van der Waals surface area contributed by atoms with Crippen LogP contribution in [-0.4, -0.2) is 10.8 Å². The predicted octanol–water partition coefficient (Wildman–Crippen LogP) is 3.56. The number of aromatic amines is 1. The molecular weight excluding hydrogens is 186 g/mol. The van der Waals surface area contributed by atoms with E-state index < -0.39 is 0 Å². The molecule has 1 aromatic heterocycles. The SMILES string of the molecule is O=C(CCC1CCCCC1)c1cc[nH]c1. The molecule has 2 heteroatoms. The number of H-pyrrole nitrogens is 1. The minimum Gasteiger partial charge on any atom is -0.367 e. The highest BCUT2D eigenvalue weighted by Gasteiger charge is 2.15. The number of Topliss-reactive ketones (excluding diaryl/α,β-unsaturated/α-hetero) is 1. The second-order valence-corrected chi connectivity index (χ2v) is 4.57. The first-order valence-corrected chi connectivity index (χ1v) is 6.02. The summed E-state index contributed by atoms with van der Waals surface area (Å²) in [5.41, 5.74) is 0.839. The Labute approximate surface area is 91.1 Å². The number of ketones is 1. The molecule has 1 aliphatic carbocycles. The molecule has 0 spiro atoms. The van der Waals surface area contributed by atoms with E-state index in [2.05, 4.69) is 4.98 Å². The van der Waals surface area contributed by atoms with Gasteiger partial charge in [0.1, 0.15) is 0 Å². The van der Waals surface area contributed by atoms with Gasteiger partial charge in [0.25, 0.3) is 0 Å². The van der Waals surface area contributed by atoms with Crippen molar-refractivity contribution >= 4 is 5.78 Å². The minimum atomic E-state index is 0.293. The van der Waals surface area contributed by atoms with Crippen LogP contribution in [0.3, 0.4) is 0 Å². The molecule has 2 rings (SSSR count). The minimum absolute atomic E-state index is 0.293. The van der Waals surface area contributed by atoms with Crippen molar-refractivity contribution in [3.63, 3.8) is 0 Å². The molecule has 0 unspecified atom stereocenters. The van der Waals surface area contributed by atoms with Crippen LogP contribution in [0.15, 0.2) is 18.5 Å². The van der Waals surface area contributed by atoms with Crippen LogP contribution in [0.5, 0.6) is 0 Å². The van der Waals surface area contributed by atoms with E-state index in [1.54, 1.807) is 6.20 Å². The van der Waals surface area contributed by atoms with Crippen LogP contribution < -0.4 is 0 Å². The van der Waals surface area contributed by atoms with Gasteiger partial charge in [0, 0.05) is 24.4 Å². The monoisotopic (exact) mass is 205 g/mol. The van der Waals surface area contributed by atoms with Crippen LogP contribution in [0.1, 0.15) is 55.3 Å². The normalized spacial score (nSPS) is 17.9. The maximum atomic E-state index is 11.7. The molecule has 0 amide bonds. The van der Waals surface area contributed by atoms with Crippen LogP contribution in [0.25, 0.3) is 0 Å². The molecule has 0 aromatic carbocycles. The van der Waals surface area contributed by atoms with E-state index in [0.717, 1.165) is 24.3 Å². The van der Waals surface area contributed by atoms with Crippen molar-refractivity contribution in [3.05, 3.63) is 24.0 Å². The van der Waals surface area contributed by atoms with Crippen LogP contribution in [-0.2, 0) is 0 Å². The topological polar surface area (TPSA) is 32.9 Å². The second-order valence-electron chi connectivity index (χ2n) is 4.57. The summed E-state index contributed by atoms with van der Waals surface area (Å²) in [5.74, 6) is 1.10. The quantitative estimate of drug-likeness (QED) is 0.749. The van der Waals surface area contributed by atoms with Gasteiger partial charge in [0.2, 0.25) is 0 Å². The van der Waals surface area contributed by atoms with Gasteiger partial charge in [-0.3, -0.25) is 4.79 Å². The zero-order valence-corrected chi connectivity index (χ0v) is 9.17. The summed E-state index contributed by atoms with van der Waals surface area (Å²) < 4.78 is 0. The number of carbonyl (C=O) groups is 1. The average molecular weight is 205 g/mol. The Balaban J connectivity index is 1.75. The highest BCUT2D eigenvalue weighted by atomic mass is 16.1. The lowest BCUT2D eigenvalue weighted by atomic mass is 9.85. The summed E-state index contributed by atoms with van der Waals surface area (Å²) >= 11 is 0. The van der Waals surface area contributed by atoms with E-state index in [9.17, 15) is 4.79 Å². The number of rotatable bonds is 4. The molecule has 0 radical (unpaired) electrons. The summed E-state index contributed by atoms with van der Waals surface area (Å²) in [6.07, 6.45) is 12.2. The third kappa shape index (κ3) is 2.95. The van der Waals surface area contributed by atoms with Crippen molar-refractivity contribution in [2.24, 2.45) is 5.92 Å². The van der Waals surface area contributed by atoms with Gasteiger partial charge in [-0.15, -0.1) is 0 Å². The number of nitrogens with one attached hydrogen (secondary N) is 1. The Morgan fingerprint density at radius 3 is 2.80 bits per heavy atom. The van der Waals surface area contributed by atoms with Gasteiger partial charge >= 0.3 is 0 Å². The molecule has 1 N–H and O–H groups in total. The molecule has 1 heterocycles. The summed E-state index contributed by atoms with van der Waals surface area (Å²) in [4.78, 5) is 14.7. The number of aromatic nitrogens is 1. The van der Waals surface area contributed by atoms with Gasteiger partial charge in [0.15, 0.2) is 5.78 Å². The van der Waals surface area contributed by atoms with Gasteiger partial charge in [-0.25, -0.2) is 0 Å². The fourth-order valence-electron chi connectivity index (χ4n) is 2.45. The van der Waals surface area contributed by atoms with Crippen molar-refractivity contribution in [2.45, 2.75) is 44.9 Å². The van der Waals surface area contributed by atoms with Crippen LogP contribution in [0.2, 0.25) is 0 Å². The summed E-state index contributed by atoms with van der Waals surface area (Å²) in [5, 5.41) is 0. The van der Waals surface area contributed by atoms with Crippen LogP contribution >= 0.6 is 0 Å². The fraction of sp³-hybridized carbons (Fsp3) is 0.615. The lowest BCUT2D eigenvalue weighted by Crippen LogP contribution is -2.08. The molecule has 0 bridgehead atoms. The third-order valence-electron chi connectivity index (χ3n) is 3.42. The van der Waals surface area contributed by atoms with Crippen molar-refractivity contribution < 1.29 is 4.79 Å². The molecule has 1 saturated carbocycles. The molecular formula is C13H19NO. The molecule has 2 nitrogen and oxygen atoms in total. The highest BCUT2D eigenvalue weighted by Crippen LogP contribution is 2.27. The Kier molecular flexibility index (Phi) is 3.59. The predicted molar refractivity (Wildman–Crippen MR) is 60.9 cm³/mol. The summed E-state index contributed by atoms with van der Waals surface area (Å²) in [6, 6.07) is 1.86. The zero-order valence-electron chi connectivity index (χ0n) is 9.17. The van der Waals surface area contributed by atoms with Gasteiger partial charge in [0.05, 0.1) is 0 Å². The number of hydrogen-bond donors (Lipinski definition) is 1. The Morgan fingerprint density at radius 1 is 1.33 bits per heavy atom. The second kappa shape index (κ2) is 5.15. The van der Waals surface area contributed by atoms with Gasteiger partial charge < -0.3 is 4.98 Å². The molecule has 1 aliphatic rings. The largest absolute Gasteiger partial charge is 0.367 e. The van der Waals surface area contributed by atoms with Gasteiger partial charge in [-0.05, 0) is 18.4 Å². The van der Waals surface area contributed by atoms with Crippen LogP contribution in [0, 0.1) is 5.92 Å². The van der Waals surface area contributed by atoms with E-state index in [0.29, 0.717) is 5.78 Å². The van der Waals surface area contributed by atoms with Gasteiger partial charge in [-0.1, -0.05) is 32.1 Å². The fourth-order valence-corrected chi connectivity index (χ4v) is 2.45. The standard InChI is InChI=1S/C13H19NO/c15-13(12-8-9-14-10-12)7-6-11-4-2-1-3-5-11/h8-11,14H,1-7H2. The maximum Gasteiger partial charge on any atom is 0.164 e. The van der Waals surface area contributed by atoms with E-state index in [4.69, 9.17) is 0 Å². The van der Waals surface area contributed by atoms with Crippen molar-refractivity contribution in [2.75, 3.05) is 0 Å². The third-order valence-corrected chi connectivity index (χ3v) is 3.42. The van der Waals surface area contributed by atoms with Crippen molar-refractivity contribution in [1.82, 2.24) is 4.98 Å². The summed E-state index contributed by atoms with van der Waals surface area (Å²) in [6.45, 7) is 0. The molecule has 0 aliphatic heterocycles. The first-order chi connectivity index (χ1) is 7.36. The van der Waals surface area contributed by atoms with E-state index in [1.165, 1.54) is 32.1 Å². The highest BCUT2D eigenvalue weighted by molar-refractivity contribution is 5.95. The summed E-state index contributed by atoms with van der Waals surface area (Å²) in [7, 11) is 0. The first kappa shape index (κ1) is 10.5. The molecule has 1 aromatic rings. The first-order valence-electron chi connectivity index (χ1n) is 6.02. The van der Waals surface area contributed by atoms with Crippen LogP contribution in [0.4, 0.5) is 0 Å². The van der Waals surface area contributed by atoms with Gasteiger partial charge in [-0.2, -0.15) is 0 Å². The zero-order chi connectivity index (χ0) is 10.5. The molecule has 82 valence electrons. The number of carbonyl (C=O) groups excluding carboxylic acids is 1. The van der Waals surface area contributed by atoms with Crippen molar-refractivity contribution in [1.29, 1.82) is 0 Å². The Bertz CT molecular complexity index is 296. The molecule has 0 atom stereocenters. The molecule has 1 fully saturated rings. The Hall–Kier alpha value is -1.05. The smallest absolute Gasteiger partial charge is 0.164 e.